The quantitative estimate of drug-likeness (QED) is 0.225. The maximum absolute atomic E-state index is 10.7. The fraction of sp³-hybridized carbons (Fsp3) is 0.450. The van der Waals surface area contributed by atoms with E-state index in [1.165, 1.54) is 5.56 Å². The molecule has 244 valence electrons. The maximum Gasteiger partial charge on any atom is 1.00 e. The van der Waals surface area contributed by atoms with E-state index >= 15 is 0 Å². The third-order valence-electron chi connectivity index (χ3n) is 3.73. The molecule has 0 aliphatic rings. The van der Waals surface area contributed by atoms with Gasteiger partial charge in [-0.05, 0) is 23.5 Å². The Labute approximate surface area is 369 Å². The minimum atomic E-state index is -2.97. The van der Waals surface area contributed by atoms with E-state index in [4.69, 9.17) is 20.1 Å². The van der Waals surface area contributed by atoms with Crippen molar-refractivity contribution < 1.29 is 251 Å². The third-order valence-corrected chi connectivity index (χ3v) is 3.73. The largest absolute Gasteiger partial charge is 1.00 e. The number of carboxylic acid groups (broad SMARTS) is 6. The van der Waals surface area contributed by atoms with Crippen molar-refractivity contribution in [2.24, 2.45) is 5.92 Å². The molecule has 0 amide bonds. The molecule has 45 heavy (non-hydrogen) atoms. The summed E-state index contributed by atoms with van der Waals surface area (Å²) in [5, 5.41) is 64.9. The van der Waals surface area contributed by atoms with Crippen LogP contribution in [0.1, 0.15) is 50.7 Å². The first-order valence-electron chi connectivity index (χ1n) is 9.05. The molecule has 0 fully saturated rings. The van der Waals surface area contributed by atoms with Gasteiger partial charge in [-0.1, -0.05) is 45.0 Å². The molecule has 0 heterocycles. The van der Waals surface area contributed by atoms with Gasteiger partial charge in [-0.2, -0.15) is 0 Å². The molecule has 1 aromatic carbocycles. The predicted octanol–water partition coefficient (Wildman–Crippen LogP) is -26.2. The molecule has 0 aliphatic carbocycles. The van der Waals surface area contributed by atoms with Crippen LogP contribution >= 0.6 is 0 Å². The Balaban J connectivity index is -0.0000000219. The van der Waals surface area contributed by atoms with Crippen LogP contribution in [0.25, 0.3) is 0 Å². The van der Waals surface area contributed by atoms with Crippen molar-refractivity contribution in [2.75, 3.05) is 0 Å². The van der Waals surface area contributed by atoms with Crippen LogP contribution in [0.4, 0.5) is 4.79 Å². The second-order valence-corrected chi connectivity index (χ2v) is 7.06. The predicted molar refractivity (Wildman–Crippen MR) is 125 cm³/mol. The normalized spacial score (nSPS) is 7.93. The SMILES string of the molecule is CC(C)Cc1ccc(C(C)C(=O)[O-])cc1.O.O.O.O.O.O.O.O.O=C([O-])CC(O)(CC(=O)[O-])C(=O)[O-].O=C([O-])O.[Na+].[Na+].[Na+].[Na+].[Na+]. The second-order valence-electron chi connectivity index (χ2n) is 7.06. The van der Waals surface area contributed by atoms with Crippen molar-refractivity contribution >= 4 is 30.0 Å². The first-order valence-corrected chi connectivity index (χ1v) is 9.05. The van der Waals surface area contributed by atoms with E-state index in [0.29, 0.717) is 5.92 Å². The van der Waals surface area contributed by atoms with Gasteiger partial charge in [0.1, 0.15) is 5.60 Å². The van der Waals surface area contributed by atoms with Crippen molar-refractivity contribution in [2.45, 2.75) is 51.6 Å². The van der Waals surface area contributed by atoms with Gasteiger partial charge in [0.2, 0.25) is 6.16 Å². The number of hydrogen-bond donors (Lipinski definition) is 2. The summed E-state index contributed by atoms with van der Waals surface area (Å²) in [6.45, 7) is 5.97. The van der Waals surface area contributed by atoms with Crippen molar-refractivity contribution in [1.29, 1.82) is 0 Å². The van der Waals surface area contributed by atoms with Gasteiger partial charge >= 0.3 is 148 Å². The monoisotopic (exact) mass is 714 g/mol. The summed E-state index contributed by atoms with van der Waals surface area (Å²) in [5.41, 5.74) is -0.917. The molecule has 1 aromatic rings. The number of carbonyl (C=O) groups is 5. The van der Waals surface area contributed by atoms with Crippen LogP contribution in [0.15, 0.2) is 24.3 Å². The van der Waals surface area contributed by atoms with E-state index in [0.717, 1.165) is 12.0 Å². The van der Waals surface area contributed by atoms with Crippen LogP contribution in [0, 0.1) is 5.92 Å². The molecule has 0 bridgehead atoms. The fourth-order valence-electron chi connectivity index (χ4n) is 2.23. The topological polar surface area (TPSA) is 493 Å². The van der Waals surface area contributed by atoms with E-state index in [-0.39, 0.29) is 192 Å². The Bertz CT molecular complexity index is 794. The molecule has 20 nitrogen and oxygen atoms in total. The van der Waals surface area contributed by atoms with E-state index < -0.39 is 54.4 Å². The minimum absolute atomic E-state index is 0. The molecular weight excluding hydrogens is 675 g/mol. The van der Waals surface area contributed by atoms with Gasteiger partial charge in [0, 0.05) is 36.7 Å². The summed E-state index contributed by atoms with van der Waals surface area (Å²) in [7, 11) is 0. The molecule has 0 aliphatic heterocycles. The van der Waals surface area contributed by atoms with Gasteiger partial charge in [-0.25, -0.2) is 0 Å². The molecule has 0 aromatic heterocycles. The number of rotatable bonds is 9. The fourth-order valence-corrected chi connectivity index (χ4v) is 2.23. The number of carbonyl (C=O) groups excluding carboxylic acids is 4. The molecule has 1 unspecified atom stereocenters. The maximum atomic E-state index is 10.7. The van der Waals surface area contributed by atoms with Crippen LogP contribution in [0.2, 0.25) is 0 Å². The summed E-state index contributed by atoms with van der Waals surface area (Å²) in [6.07, 6.45) is -3.77. The van der Waals surface area contributed by atoms with Gasteiger partial charge in [0.05, 0.1) is 5.97 Å². The molecule has 25 heteroatoms. The number of carboxylic acids is 4. The average Bonchev–Trinajstić information content (AvgIpc) is 2.59. The third kappa shape index (κ3) is 54.7. The number of hydrogen-bond acceptors (Lipinski definition) is 11. The first kappa shape index (κ1) is 96.9. The summed E-state index contributed by atoms with van der Waals surface area (Å²) >= 11 is 0. The second kappa shape index (κ2) is 51.8. The van der Waals surface area contributed by atoms with E-state index in [1.807, 2.05) is 24.3 Å². The summed E-state index contributed by atoms with van der Waals surface area (Å²) < 4.78 is 0. The Hall–Kier alpha value is 1.01. The van der Waals surface area contributed by atoms with E-state index in [9.17, 15) is 39.6 Å². The minimum Gasteiger partial charge on any atom is -0.565 e. The smallest absolute Gasteiger partial charge is 0.565 e. The van der Waals surface area contributed by atoms with Crippen LogP contribution in [-0.4, -0.2) is 89.7 Å². The van der Waals surface area contributed by atoms with Gasteiger partial charge in [-0.15, -0.1) is 0 Å². The van der Waals surface area contributed by atoms with Gasteiger partial charge < -0.3 is 104 Å². The van der Waals surface area contributed by atoms with Crippen LogP contribution in [-0.2, 0) is 25.6 Å². The van der Waals surface area contributed by atoms with Crippen molar-refractivity contribution in [1.82, 2.24) is 0 Å². The molecule has 0 saturated heterocycles. The summed E-state index contributed by atoms with van der Waals surface area (Å²) in [6, 6.07) is 7.74. The van der Waals surface area contributed by atoms with Crippen molar-refractivity contribution in [3.05, 3.63) is 35.4 Å². The Morgan fingerprint density at radius 1 is 0.644 bits per heavy atom. The Kier molecular flexibility index (Phi) is 112. The van der Waals surface area contributed by atoms with Crippen LogP contribution in [0.5, 0.6) is 0 Å². The summed E-state index contributed by atoms with van der Waals surface area (Å²) in [5.74, 6) is -6.92. The average molecular weight is 714 g/mol. The van der Waals surface area contributed by atoms with Gasteiger partial charge in [0.15, 0.2) is 0 Å². The van der Waals surface area contributed by atoms with Crippen molar-refractivity contribution in [3.63, 3.8) is 0 Å². The molecule has 0 saturated carbocycles. The van der Waals surface area contributed by atoms with E-state index in [2.05, 4.69) is 13.8 Å². The van der Waals surface area contributed by atoms with Gasteiger partial charge in [-0.3, -0.25) is 0 Å². The standard InChI is InChI=1S/C13H18O2.C6H8O7.CH2O3.5Na.8H2O/c1-9(2)8-11-4-6-12(7-5-11)10(3)13(14)15;7-3(8)1-6(13,5(11)12)2-4(9)10;2-1(3)4;;;;;;;;;;;;;/h4-7,9-10H,8H2,1-3H3,(H,14,15);13H,1-2H2,(H,7,8)(H,9,10)(H,11,12);(H2,2,3,4);;;;;;8*1H2/q;;;5*+1;;;;;;;;/p-5. The van der Waals surface area contributed by atoms with Gasteiger partial charge in [0.25, 0.3) is 0 Å². The van der Waals surface area contributed by atoms with Crippen LogP contribution < -0.4 is 173 Å². The Morgan fingerprint density at radius 2 is 0.911 bits per heavy atom. The molecular formula is C20H39Na5O20. The Morgan fingerprint density at radius 3 is 1.09 bits per heavy atom. The summed E-state index contributed by atoms with van der Waals surface area (Å²) in [4.78, 5) is 49.1. The zero-order chi connectivity index (χ0) is 25.6. The molecule has 0 spiro atoms. The van der Waals surface area contributed by atoms with Crippen LogP contribution in [0.3, 0.4) is 0 Å². The molecule has 1 atom stereocenters. The molecule has 0 radical (unpaired) electrons. The van der Waals surface area contributed by atoms with E-state index in [1.54, 1.807) is 6.92 Å². The first-order chi connectivity index (χ1) is 14.5. The number of benzene rings is 1. The zero-order valence-corrected chi connectivity index (χ0v) is 36.6. The molecule has 18 N–H and O–H groups in total. The number of aliphatic carboxylic acids is 4. The zero-order valence-electron chi connectivity index (χ0n) is 26.6. The van der Waals surface area contributed by atoms with Crippen molar-refractivity contribution in [3.8, 4) is 0 Å². The number of aliphatic hydroxyl groups is 1. The molecule has 1 rings (SSSR count).